The summed E-state index contributed by atoms with van der Waals surface area (Å²) in [5.41, 5.74) is -0.273. The van der Waals surface area contributed by atoms with Crippen LogP contribution >= 0.6 is 0 Å². The lowest BCUT2D eigenvalue weighted by Crippen LogP contribution is -2.51. The number of rotatable bonds is 10. The Morgan fingerprint density at radius 1 is 0.881 bits per heavy atom. The highest BCUT2D eigenvalue weighted by Gasteiger charge is 2.46. The molecule has 228 valence electrons. The minimum atomic E-state index is -4.95. The quantitative estimate of drug-likeness (QED) is 0.187. The molecule has 10 heteroatoms. The highest BCUT2D eigenvalue weighted by molar-refractivity contribution is 5.54. The molecule has 0 aromatic heterocycles. The third kappa shape index (κ3) is 7.58. The van der Waals surface area contributed by atoms with Crippen molar-refractivity contribution in [3.63, 3.8) is 0 Å². The van der Waals surface area contributed by atoms with Crippen LogP contribution in [0.25, 0.3) is 0 Å². The van der Waals surface area contributed by atoms with Gasteiger partial charge in [0.05, 0.1) is 17.7 Å². The van der Waals surface area contributed by atoms with Crippen LogP contribution in [-0.4, -0.2) is 18.3 Å². The van der Waals surface area contributed by atoms with E-state index in [1.54, 1.807) is 13.8 Å². The molecule has 0 fully saturated rings. The van der Waals surface area contributed by atoms with E-state index in [4.69, 9.17) is 14.2 Å². The van der Waals surface area contributed by atoms with Gasteiger partial charge in [-0.05, 0) is 80.3 Å². The Kier molecular flexibility index (Phi) is 9.47. The Morgan fingerprint density at radius 3 is 2.17 bits per heavy atom. The molecule has 0 aliphatic carbocycles. The Labute approximate surface area is 242 Å². The molecule has 2 unspecified atom stereocenters. The Balaban J connectivity index is 1.63. The summed E-state index contributed by atoms with van der Waals surface area (Å²) in [6.07, 6.45) is -9.78. The van der Waals surface area contributed by atoms with Crippen molar-refractivity contribution < 1.29 is 40.6 Å². The van der Waals surface area contributed by atoms with Gasteiger partial charge >= 0.3 is 12.4 Å². The van der Waals surface area contributed by atoms with E-state index in [0.29, 0.717) is 36.6 Å². The van der Waals surface area contributed by atoms with Crippen LogP contribution in [-0.2, 0) is 35.0 Å². The van der Waals surface area contributed by atoms with Crippen LogP contribution in [0.1, 0.15) is 73.1 Å². The fraction of sp³-hybridized carbons (Fsp3) is 0.438. The number of aryl methyl sites for hydroxylation is 1. The maximum absolute atomic E-state index is 13.4. The summed E-state index contributed by atoms with van der Waals surface area (Å²) in [4.78, 5) is 0. The van der Waals surface area contributed by atoms with Gasteiger partial charge in [-0.25, -0.2) is 0 Å². The third-order valence-corrected chi connectivity index (χ3v) is 7.27. The molecule has 1 aliphatic heterocycles. The number of benzene rings is 3. The van der Waals surface area contributed by atoms with Gasteiger partial charge in [-0.2, -0.15) is 26.3 Å². The van der Waals surface area contributed by atoms with Crippen LogP contribution in [0.15, 0.2) is 60.7 Å². The molecule has 42 heavy (non-hydrogen) atoms. The molecule has 0 amide bonds. The summed E-state index contributed by atoms with van der Waals surface area (Å²) < 4.78 is 99.2. The van der Waals surface area contributed by atoms with E-state index in [0.717, 1.165) is 29.7 Å². The molecule has 1 aliphatic rings. The fourth-order valence-corrected chi connectivity index (χ4v) is 4.96. The molecule has 0 radical (unpaired) electrons. The van der Waals surface area contributed by atoms with Crippen LogP contribution in [0.5, 0.6) is 5.75 Å². The molecule has 2 atom stereocenters. The molecule has 0 saturated heterocycles. The number of hydrogen-bond donors (Lipinski definition) is 1. The summed E-state index contributed by atoms with van der Waals surface area (Å²) in [6, 6.07) is 15.1. The molecule has 0 spiro atoms. The van der Waals surface area contributed by atoms with Gasteiger partial charge in [0.2, 0.25) is 0 Å². The molecular weight excluding hydrogens is 560 g/mol. The number of fused-ring (bicyclic) bond motifs is 1. The number of anilines is 1. The van der Waals surface area contributed by atoms with E-state index < -0.39 is 47.9 Å². The SMILES string of the molecule is CCCCOC1c2cc(NCc3ccccc3C)ccc2OC(C)(C)C1OCc1cc(C(F)(F)F)cc(C(F)(F)F)c1. The molecule has 0 saturated carbocycles. The zero-order valence-corrected chi connectivity index (χ0v) is 24.0. The van der Waals surface area contributed by atoms with Gasteiger partial charge in [0.15, 0.2) is 0 Å². The predicted molar refractivity (Wildman–Crippen MR) is 148 cm³/mol. The van der Waals surface area contributed by atoms with Gasteiger partial charge in [0, 0.05) is 24.4 Å². The summed E-state index contributed by atoms with van der Waals surface area (Å²) in [5.74, 6) is 0.571. The third-order valence-electron chi connectivity index (χ3n) is 7.27. The first kappa shape index (κ1) is 31.7. The van der Waals surface area contributed by atoms with Crippen molar-refractivity contribution in [2.24, 2.45) is 0 Å². The summed E-state index contributed by atoms with van der Waals surface area (Å²) in [6.45, 7) is 8.02. The van der Waals surface area contributed by atoms with Crippen molar-refractivity contribution in [2.45, 2.75) is 83.8 Å². The van der Waals surface area contributed by atoms with Crippen molar-refractivity contribution in [1.82, 2.24) is 0 Å². The van der Waals surface area contributed by atoms with E-state index >= 15 is 0 Å². The van der Waals surface area contributed by atoms with Crippen LogP contribution in [0.4, 0.5) is 32.0 Å². The largest absolute Gasteiger partial charge is 0.485 e. The van der Waals surface area contributed by atoms with E-state index in [1.807, 2.05) is 56.3 Å². The van der Waals surface area contributed by atoms with Crippen molar-refractivity contribution in [2.75, 3.05) is 11.9 Å². The summed E-state index contributed by atoms with van der Waals surface area (Å²) in [7, 11) is 0. The molecule has 3 aromatic rings. The zero-order valence-electron chi connectivity index (χ0n) is 24.0. The van der Waals surface area contributed by atoms with Crippen LogP contribution < -0.4 is 10.1 Å². The zero-order chi connectivity index (χ0) is 30.7. The second-order valence-electron chi connectivity index (χ2n) is 11.0. The lowest BCUT2D eigenvalue weighted by atomic mass is 9.87. The average molecular weight is 596 g/mol. The molecule has 1 heterocycles. The highest BCUT2D eigenvalue weighted by atomic mass is 19.4. The van der Waals surface area contributed by atoms with Crippen molar-refractivity contribution in [1.29, 1.82) is 0 Å². The first-order valence-electron chi connectivity index (χ1n) is 13.8. The Morgan fingerprint density at radius 2 is 1.55 bits per heavy atom. The molecule has 3 aromatic carbocycles. The Bertz CT molecular complexity index is 1340. The van der Waals surface area contributed by atoms with Gasteiger partial charge in [0.1, 0.15) is 23.6 Å². The number of unbranched alkanes of at least 4 members (excludes halogenated alkanes) is 1. The smallest absolute Gasteiger partial charge is 0.416 e. The maximum Gasteiger partial charge on any atom is 0.416 e. The van der Waals surface area contributed by atoms with Crippen molar-refractivity contribution >= 4 is 5.69 Å². The fourth-order valence-electron chi connectivity index (χ4n) is 4.96. The summed E-state index contributed by atoms with van der Waals surface area (Å²) >= 11 is 0. The van der Waals surface area contributed by atoms with Gasteiger partial charge in [-0.3, -0.25) is 0 Å². The maximum atomic E-state index is 13.4. The second-order valence-corrected chi connectivity index (χ2v) is 11.0. The minimum Gasteiger partial charge on any atom is -0.485 e. The van der Waals surface area contributed by atoms with Gasteiger partial charge in [-0.1, -0.05) is 37.6 Å². The van der Waals surface area contributed by atoms with Crippen LogP contribution in [0.2, 0.25) is 0 Å². The molecular formula is C32H35F6NO3. The molecule has 1 N–H and O–H groups in total. The van der Waals surface area contributed by atoms with E-state index in [9.17, 15) is 26.3 Å². The second kappa shape index (κ2) is 12.6. The van der Waals surface area contributed by atoms with E-state index in [2.05, 4.69) is 5.32 Å². The lowest BCUT2D eigenvalue weighted by molar-refractivity contribution is -0.168. The van der Waals surface area contributed by atoms with Crippen LogP contribution in [0, 0.1) is 6.92 Å². The number of nitrogens with one attached hydrogen (secondary N) is 1. The topological polar surface area (TPSA) is 39.7 Å². The van der Waals surface area contributed by atoms with Crippen LogP contribution in [0.3, 0.4) is 0 Å². The number of halogens is 6. The van der Waals surface area contributed by atoms with Gasteiger partial charge < -0.3 is 19.5 Å². The van der Waals surface area contributed by atoms with Crippen molar-refractivity contribution in [3.8, 4) is 5.75 Å². The monoisotopic (exact) mass is 595 g/mol. The van der Waals surface area contributed by atoms with Crippen molar-refractivity contribution in [3.05, 3.63) is 94.0 Å². The number of ether oxygens (including phenoxy) is 3. The van der Waals surface area contributed by atoms with E-state index in [-0.39, 0.29) is 11.6 Å². The number of hydrogen-bond acceptors (Lipinski definition) is 4. The standard InChI is InChI=1S/C32H35F6NO3/c1-5-6-13-40-28-26-17-25(39-18-22-10-8-7-9-20(22)2)11-12-27(26)42-30(3,4)29(28)41-19-21-14-23(31(33,34)35)16-24(15-21)32(36,37)38/h7-12,14-17,28-29,39H,5-6,13,18-19H2,1-4H3. The molecule has 4 rings (SSSR count). The van der Waals surface area contributed by atoms with Gasteiger partial charge in [-0.15, -0.1) is 0 Å². The normalized spacial score (nSPS) is 18.3. The highest BCUT2D eigenvalue weighted by Crippen LogP contribution is 2.45. The molecule has 4 nitrogen and oxygen atoms in total. The lowest BCUT2D eigenvalue weighted by Gasteiger charge is -2.44. The number of alkyl halides is 6. The Hall–Kier alpha value is -3.24. The average Bonchev–Trinajstić information content (AvgIpc) is 2.91. The minimum absolute atomic E-state index is 0.107. The van der Waals surface area contributed by atoms with E-state index in [1.165, 1.54) is 0 Å². The van der Waals surface area contributed by atoms with Gasteiger partial charge in [0.25, 0.3) is 0 Å². The first-order chi connectivity index (χ1) is 19.7. The first-order valence-corrected chi connectivity index (χ1v) is 13.8. The predicted octanol–water partition coefficient (Wildman–Crippen LogP) is 9.26. The molecule has 0 bridgehead atoms. The summed E-state index contributed by atoms with van der Waals surface area (Å²) in [5, 5.41) is 3.41.